The van der Waals surface area contributed by atoms with Gasteiger partial charge in [-0.05, 0) is 36.1 Å². The van der Waals surface area contributed by atoms with E-state index in [2.05, 4.69) is 31.3 Å². The Balaban J connectivity index is 2.33. The van der Waals surface area contributed by atoms with Gasteiger partial charge >= 0.3 is 5.97 Å². The highest BCUT2D eigenvalue weighted by atomic mass is 16.4. The lowest BCUT2D eigenvalue weighted by molar-refractivity contribution is 0.0696. The van der Waals surface area contributed by atoms with Gasteiger partial charge in [0.25, 0.3) is 0 Å². The highest BCUT2D eigenvalue weighted by molar-refractivity contribution is 5.87. The monoisotopic (exact) mass is 325 g/mol. The third-order valence-electron chi connectivity index (χ3n) is 4.40. The zero-order chi connectivity index (χ0) is 17.4. The van der Waals surface area contributed by atoms with Crippen LogP contribution in [-0.4, -0.2) is 17.1 Å². The Morgan fingerprint density at radius 2 is 1.75 bits per heavy atom. The van der Waals surface area contributed by atoms with E-state index < -0.39 is 5.97 Å². The first-order valence-electron chi connectivity index (χ1n) is 8.80. The summed E-state index contributed by atoms with van der Waals surface area (Å²) in [5, 5.41) is 13.0. The number of carboxylic acid groups (broad SMARTS) is 1. The predicted octanol–water partition coefficient (Wildman–Crippen LogP) is 5.03. The van der Waals surface area contributed by atoms with Crippen molar-refractivity contribution in [2.24, 2.45) is 0 Å². The van der Waals surface area contributed by atoms with Crippen LogP contribution >= 0.6 is 0 Å². The average molecular weight is 325 g/mol. The van der Waals surface area contributed by atoms with Crippen LogP contribution in [0.25, 0.3) is 0 Å². The molecule has 24 heavy (non-hydrogen) atoms. The molecule has 2 rings (SSSR count). The van der Waals surface area contributed by atoms with E-state index in [1.54, 1.807) is 12.1 Å². The Kier molecular flexibility index (Phi) is 7.01. The smallest absolute Gasteiger partial charge is 0.335 e. The highest BCUT2D eigenvalue weighted by Crippen LogP contribution is 2.25. The van der Waals surface area contributed by atoms with Crippen molar-refractivity contribution in [1.29, 1.82) is 0 Å². The minimum atomic E-state index is -0.887. The number of carboxylic acids is 1. The lowest BCUT2D eigenvalue weighted by Crippen LogP contribution is -2.33. The molecule has 0 radical (unpaired) electrons. The van der Waals surface area contributed by atoms with Gasteiger partial charge in [-0.25, -0.2) is 4.79 Å². The van der Waals surface area contributed by atoms with Crippen molar-refractivity contribution in [3.05, 3.63) is 71.3 Å². The maximum Gasteiger partial charge on any atom is 0.335 e. The first-order valence-corrected chi connectivity index (χ1v) is 8.80. The zero-order valence-corrected chi connectivity index (χ0v) is 14.5. The number of hydrogen-bond donors (Lipinski definition) is 2. The summed E-state index contributed by atoms with van der Waals surface area (Å²) in [6, 6.07) is 17.9. The van der Waals surface area contributed by atoms with Gasteiger partial charge in [-0.3, -0.25) is 0 Å². The van der Waals surface area contributed by atoms with Crippen LogP contribution in [0.5, 0.6) is 0 Å². The zero-order valence-electron chi connectivity index (χ0n) is 14.5. The van der Waals surface area contributed by atoms with E-state index in [1.807, 2.05) is 30.3 Å². The van der Waals surface area contributed by atoms with Crippen molar-refractivity contribution in [3.63, 3.8) is 0 Å². The van der Waals surface area contributed by atoms with Crippen LogP contribution in [0.2, 0.25) is 0 Å². The maximum atomic E-state index is 11.3. The Hall–Kier alpha value is -2.13. The van der Waals surface area contributed by atoms with Crippen molar-refractivity contribution < 1.29 is 9.90 Å². The number of hydrogen-bond acceptors (Lipinski definition) is 2. The van der Waals surface area contributed by atoms with Gasteiger partial charge in [0.15, 0.2) is 0 Å². The van der Waals surface area contributed by atoms with Gasteiger partial charge < -0.3 is 10.4 Å². The Morgan fingerprint density at radius 1 is 1.04 bits per heavy atom. The molecule has 0 saturated heterocycles. The van der Waals surface area contributed by atoms with Crippen LogP contribution in [0.3, 0.4) is 0 Å². The fourth-order valence-electron chi connectivity index (χ4n) is 2.97. The molecular weight excluding hydrogens is 298 g/mol. The van der Waals surface area contributed by atoms with Crippen LogP contribution in [-0.2, 0) is 0 Å². The molecule has 128 valence electrons. The van der Waals surface area contributed by atoms with Crippen molar-refractivity contribution in [2.45, 2.75) is 51.6 Å². The van der Waals surface area contributed by atoms with Crippen LogP contribution in [0, 0.1) is 0 Å². The predicted molar refractivity (Wildman–Crippen MR) is 98.4 cm³/mol. The molecule has 0 saturated carbocycles. The number of benzene rings is 2. The first kappa shape index (κ1) is 18.2. The minimum Gasteiger partial charge on any atom is -0.478 e. The molecule has 2 atom stereocenters. The largest absolute Gasteiger partial charge is 0.478 e. The van der Waals surface area contributed by atoms with E-state index in [9.17, 15) is 9.90 Å². The van der Waals surface area contributed by atoms with Crippen LogP contribution < -0.4 is 5.32 Å². The molecule has 0 amide bonds. The molecule has 2 N–H and O–H groups in total. The molecule has 0 aromatic heterocycles. The van der Waals surface area contributed by atoms with Gasteiger partial charge in [-0.15, -0.1) is 0 Å². The quantitative estimate of drug-likeness (QED) is 0.679. The SMILES string of the molecule is CCCCC(CC)NC(c1ccccc1)c1cccc(C(=O)O)c1. The molecule has 0 aliphatic rings. The van der Waals surface area contributed by atoms with E-state index in [4.69, 9.17) is 0 Å². The second-order valence-electron chi connectivity index (χ2n) is 6.19. The summed E-state index contributed by atoms with van der Waals surface area (Å²) in [7, 11) is 0. The molecule has 2 aromatic carbocycles. The van der Waals surface area contributed by atoms with Gasteiger partial charge in [0, 0.05) is 6.04 Å². The molecule has 0 heterocycles. The summed E-state index contributed by atoms with van der Waals surface area (Å²) in [6.07, 6.45) is 4.57. The molecule has 0 fully saturated rings. The standard InChI is InChI=1S/C21H27NO2/c1-3-5-14-19(4-2)22-20(16-10-7-6-8-11-16)17-12-9-13-18(15-17)21(23)24/h6-13,15,19-20,22H,3-5,14H2,1-2H3,(H,23,24). The van der Waals surface area contributed by atoms with Crippen LogP contribution in [0.4, 0.5) is 0 Å². The first-order chi connectivity index (χ1) is 11.7. The third kappa shape index (κ3) is 4.93. The summed E-state index contributed by atoms with van der Waals surface area (Å²) in [6.45, 7) is 4.40. The van der Waals surface area contributed by atoms with E-state index >= 15 is 0 Å². The number of carbonyl (C=O) groups is 1. The Labute approximate surface area is 144 Å². The minimum absolute atomic E-state index is 0.00676. The van der Waals surface area contributed by atoms with E-state index in [0.29, 0.717) is 11.6 Å². The maximum absolute atomic E-state index is 11.3. The number of rotatable bonds is 9. The van der Waals surface area contributed by atoms with Gasteiger partial charge in [0.1, 0.15) is 0 Å². The lowest BCUT2D eigenvalue weighted by Gasteiger charge is -2.26. The van der Waals surface area contributed by atoms with Gasteiger partial charge in [-0.2, -0.15) is 0 Å². The van der Waals surface area contributed by atoms with Gasteiger partial charge in [0.05, 0.1) is 11.6 Å². The highest BCUT2D eigenvalue weighted by Gasteiger charge is 2.18. The number of unbranched alkanes of at least 4 members (excludes halogenated alkanes) is 1. The van der Waals surface area contributed by atoms with E-state index in [1.165, 1.54) is 12.8 Å². The molecule has 2 aromatic rings. The van der Waals surface area contributed by atoms with E-state index in [0.717, 1.165) is 24.0 Å². The van der Waals surface area contributed by atoms with Gasteiger partial charge in [0.2, 0.25) is 0 Å². The summed E-state index contributed by atoms with van der Waals surface area (Å²) in [5.41, 5.74) is 2.49. The average Bonchev–Trinajstić information content (AvgIpc) is 2.63. The second-order valence-corrected chi connectivity index (χ2v) is 6.19. The molecular formula is C21H27NO2. The summed E-state index contributed by atoms with van der Waals surface area (Å²) in [4.78, 5) is 11.3. The number of aromatic carboxylic acids is 1. The molecule has 0 aliphatic carbocycles. The molecule has 0 bridgehead atoms. The van der Waals surface area contributed by atoms with Crippen molar-refractivity contribution in [2.75, 3.05) is 0 Å². The van der Waals surface area contributed by atoms with Crippen molar-refractivity contribution in [3.8, 4) is 0 Å². The van der Waals surface area contributed by atoms with Crippen molar-refractivity contribution in [1.82, 2.24) is 5.32 Å². The number of nitrogens with one attached hydrogen (secondary N) is 1. The fraction of sp³-hybridized carbons (Fsp3) is 0.381. The molecule has 3 nitrogen and oxygen atoms in total. The summed E-state index contributed by atoms with van der Waals surface area (Å²) < 4.78 is 0. The van der Waals surface area contributed by atoms with Crippen LogP contribution in [0.1, 0.15) is 67.1 Å². The van der Waals surface area contributed by atoms with Crippen LogP contribution in [0.15, 0.2) is 54.6 Å². The Morgan fingerprint density at radius 3 is 2.38 bits per heavy atom. The van der Waals surface area contributed by atoms with Gasteiger partial charge in [-0.1, -0.05) is 69.2 Å². The van der Waals surface area contributed by atoms with Crippen molar-refractivity contribution >= 4 is 5.97 Å². The summed E-state index contributed by atoms with van der Waals surface area (Å²) in [5.74, 6) is -0.887. The third-order valence-corrected chi connectivity index (χ3v) is 4.40. The molecule has 2 unspecified atom stereocenters. The lowest BCUT2D eigenvalue weighted by atomic mass is 9.95. The molecule has 0 aliphatic heterocycles. The summed E-state index contributed by atoms with van der Waals surface area (Å²) >= 11 is 0. The molecule has 0 spiro atoms. The molecule has 3 heteroatoms. The topological polar surface area (TPSA) is 49.3 Å². The Bertz CT molecular complexity index is 639. The fourth-order valence-corrected chi connectivity index (χ4v) is 2.97. The van der Waals surface area contributed by atoms with E-state index in [-0.39, 0.29) is 6.04 Å². The second kappa shape index (κ2) is 9.24. The normalized spacial score (nSPS) is 13.4.